The van der Waals surface area contributed by atoms with E-state index in [0.29, 0.717) is 36.1 Å². The number of aromatic amines is 2. The van der Waals surface area contributed by atoms with Crippen molar-refractivity contribution in [2.75, 3.05) is 27.3 Å². The average molecular weight is 635 g/mol. The zero-order chi connectivity index (χ0) is 33.4. The Balaban J connectivity index is 1.40. The van der Waals surface area contributed by atoms with Gasteiger partial charge in [-0.3, -0.25) is 9.59 Å². The van der Waals surface area contributed by atoms with Gasteiger partial charge in [0.25, 0.3) is 0 Å². The van der Waals surface area contributed by atoms with E-state index >= 15 is 0 Å². The first-order valence-electron chi connectivity index (χ1n) is 15.5. The van der Waals surface area contributed by atoms with E-state index < -0.39 is 24.3 Å². The molecule has 0 saturated carbocycles. The Hall–Kier alpha value is -4.98. The number of rotatable bonds is 8. The summed E-state index contributed by atoms with van der Waals surface area (Å²) in [5.74, 6) is 12.2. The summed E-state index contributed by atoms with van der Waals surface area (Å²) in [5, 5.41) is 5.29. The summed E-state index contributed by atoms with van der Waals surface area (Å²) in [6, 6.07) is -1.93. The second-order valence-electron chi connectivity index (χ2n) is 12.0. The number of ether oxygens (including phenoxy) is 2. The van der Waals surface area contributed by atoms with Crippen molar-refractivity contribution < 1.29 is 28.7 Å². The largest absolute Gasteiger partial charge is 0.453 e. The van der Waals surface area contributed by atoms with Crippen LogP contribution >= 0.6 is 0 Å². The van der Waals surface area contributed by atoms with Crippen LogP contribution in [0.4, 0.5) is 9.59 Å². The van der Waals surface area contributed by atoms with E-state index in [1.807, 2.05) is 27.7 Å². The Kier molecular flexibility index (Phi) is 11.3. The molecule has 0 aromatic carbocycles. The smallest absolute Gasteiger partial charge is 0.407 e. The molecule has 4 heterocycles. The highest BCUT2D eigenvalue weighted by atomic mass is 16.5. The maximum absolute atomic E-state index is 13.3. The van der Waals surface area contributed by atoms with Gasteiger partial charge >= 0.3 is 12.2 Å². The van der Waals surface area contributed by atoms with Crippen LogP contribution in [0.3, 0.4) is 0 Å². The third-order valence-corrected chi connectivity index (χ3v) is 8.13. The lowest BCUT2D eigenvalue weighted by molar-refractivity contribution is -0.136. The lowest BCUT2D eigenvalue weighted by Gasteiger charge is -2.29. The van der Waals surface area contributed by atoms with Crippen LogP contribution in [-0.4, -0.2) is 93.1 Å². The highest BCUT2D eigenvalue weighted by molar-refractivity contribution is 5.87. The molecule has 0 spiro atoms. The van der Waals surface area contributed by atoms with Crippen LogP contribution in [-0.2, 0) is 19.1 Å². The molecule has 0 aliphatic carbocycles. The molecule has 46 heavy (non-hydrogen) atoms. The van der Waals surface area contributed by atoms with E-state index in [0.717, 1.165) is 25.7 Å². The van der Waals surface area contributed by atoms with Crippen molar-refractivity contribution >= 4 is 24.0 Å². The van der Waals surface area contributed by atoms with Crippen molar-refractivity contribution in [3.63, 3.8) is 0 Å². The summed E-state index contributed by atoms with van der Waals surface area (Å²) in [6.07, 6.45) is 5.02. The molecule has 4 atom stereocenters. The zero-order valence-corrected chi connectivity index (χ0v) is 27.1. The molecular weight excluding hydrogens is 592 g/mol. The molecule has 4 rings (SSSR count). The summed E-state index contributed by atoms with van der Waals surface area (Å²) < 4.78 is 9.40. The number of H-pyrrole nitrogens is 2. The Morgan fingerprint density at radius 3 is 1.50 bits per heavy atom. The minimum Gasteiger partial charge on any atom is -0.453 e. The number of aromatic nitrogens is 4. The van der Waals surface area contributed by atoms with Crippen molar-refractivity contribution in [1.82, 2.24) is 40.4 Å². The van der Waals surface area contributed by atoms with Crippen molar-refractivity contribution in [3.05, 3.63) is 35.4 Å². The van der Waals surface area contributed by atoms with Crippen LogP contribution in [0.15, 0.2) is 12.4 Å². The van der Waals surface area contributed by atoms with E-state index in [-0.39, 0.29) is 35.7 Å². The summed E-state index contributed by atoms with van der Waals surface area (Å²) in [4.78, 5) is 69.1. The topological polar surface area (TPSA) is 175 Å². The van der Waals surface area contributed by atoms with Crippen LogP contribution in [0.25, 0.3) is 0 Å². The van der Waals surface area contributed by atoms with Gasteiger partial charge in [0.2, 0.25) is 11.8 Å². The standard InChI is InChI=1S/C32H42N8O6/c1-19(2)25(37-31(43)45-5)29(41)39-15-9-13-23(39)27-33-17-21(35-27)11-7-8-12-22-18-34-28(36-22)24-14-10-16-40(24)30(42)26(20(3)4)38-32(44)46-6/h17-20,23-26H,9-10,13-16H2,1-6H3,(H,33,35)(H,34,36)(H,37,43)(H,38,44)/t23-,24-,25-,26-/m1/s1. The molecule has 2 fully saturated rings. The Bertz CT molecular complexity index is 1430. The molecular formula is C32H42N8O6. The van der Waals surface area contributed by atoms with Crippen LogP contribution in [0.2, 0.25) is 0 Å². The maximum atomic E-state index is 13.3. The summed E-state index contributed by atoms with van der Waals surface area (Å²) in [7, 11) is 2.53. The number of carbonyl (C=O) groups is 4. The van der Waals surface area contributed by atoms with E-state index in [9.17, 15) is 19.2 Å². The van der Waals surface area contributed by atoms with Gasteiger partial charge < -0.3 is 39.9 Å². The predicted molar refractivity (Wildman–Crippen MR) is 167 cm³/mol. The number of alkyl carbamates (subject to hydrolysis) is 2. The van der Waals surface area contributed by atoms with E-state index in [4.69, 9.17) is 9.47 Å². The fourth-order valence-electron chi connectivity index (χ4n) is 5.72. The molecule has 0 unspecified atom stereocenters. The summed E-state index contributed by atoms with van der Waals surface area (Å²) in [5.41, 5.74) is 1.12. The minimum atomic E-state index is -0.710. The molecule has 2 aliphatic heterocycles. The van der Waals surface area contributed by atoms with Crippen LogP contribution < -0.4 is 10.6 Å². The first-order chi connectivity index (χ1) is 22.0. The van der Waals surface area contributed by atoms with Gasteiger partial charge in [0.15, 0.2) is 0 Å². The number of carbonyl (C=O) groups excluding carboxylic acids is 4. The SMILES string of the molecule is COC(=O)N[C@@H](C(=O)N1CCC[C@@H]1c1ncc(C#CC#Cc2cnc([C@H]3CCCN3C(=O)[C@H](NC(=O)OC)C(C)C)[nH]2)[nH]1)C(C)C. The third kappa shape index (κ3) is 7.99. The molecule has 4 N–H and O–H groups in total. The highest BCUT2D eigenvalue weighted by Gasteiger charge is 2.38. The first-order valence-corrected chi connectivity index (χ1v) is 15.5. The average Bonchev–Trinajstić information content (AvgIpc) is 3.86. The quantitative estimate of drug-likeness (QED) is 0.321. The number of hydrogen-bond donors (Lipinski definition) is 4. The Morgan fingerprint density at radius 1 is 0.761 bits per heavy atom. The predicted octanol–water partition coefficient (Wildman–Crippen LogP) is 2.62. The van der Waals surface area contributed by atoms with Gasteiger partial charge in [-0.2, -0.15) is 0 Å². The van der Waals surface area contributed by atoms with Crippen molar-refractivity contribution in [2.45, 2.75) is 77.5 Å². The molecule has 246 valence electrons. The van der Waals surface area contributed by atoms with Crippen molar-refractivity contribution in [1.29, 1.82) is 0 Å². The molecule has 2 aliphatic rings. The minimum absolute atomic E-state index is 0.123. The fourth-order valence-corrected chi connectivity index (χ4v) is 5.72. The van der Waals surface area contributed by atoms with Crippen LogP contribution in [0, 0.1) is 35.5 Å². The van der Waals surface area contributed by atoms with Gasteiger partial charge in [0, 0.05) is 13.1 Å². The van der Waals surface area contributed by atoms with Gasteiger partial charge in [0.05, 0.1) is 38.7 Å². The second-order valence-corrected chi connectivity index (χ2v) is 12.0. The number of nitrogens with zero attached hydrogens (tertiary/aromatic N) is 4. The molecule has 4 amide bonds. The molecule has 2 aromatic rings. The number of amides is 4. The zero-order valence-electron chi connectivity index (χ0n) is 27.1. The number of imidazole rings is 2. The van der Waals surface area contributed by atoms with Gasteiger partial charge in [-0.1, -0.05) is 27.7 Å². The number of hydrogen-bond acceptors (Lipinski definition) is 8. The number of methoxy groups -OCH3 is 2. The lowest BCUT2D eigenvalue weighted by Crippen LogP contribution is -2.51. The second kappa shape index (κ2) is 15.3. The van der Waals surface area contributed by atoms with Gasteiger partial charge in [-0.05, 0) is 61.2 Å². The van der Waals surface area contributed by atoms with Crippen molar-refractivity contribution in [2.24, 2.45) is 11.8 Å². The monoisotopic (exact) mass is 634 g/mol. The molecule has 14 heteroatoms. The molecule has 2 aromatic heterocycles. The van der Waals surface area contributed by atoms with Crippen LogP contribution in [0.1, 0.15) is 88.5 Å². The van der Waals surface area contributed by atoms with Crippen LogP contribution in [0.5, 0.6) is 0 Å². The highest BCUT2D eigenvalue weighted by Crippen LogP contribution is 2.32. The number of nitrogens with one attached hydrogen (secondary N) is 4. The lowest BCUT2D eigenvalue weighted by atomic mass is 10.0. The van der Waals surface area contributed by atoms with Crippen molar-refractivity contribution in [3.8, 4) is 23.7 Å². The third-order valence-electron chi connectivity index (χ3n) is 8.13. The van der Waals surface area contributed by atoms with Gasteiger partial charge in [0.1, 0.15) is 35.1 Å². The van der Waals surface area contributed by atoms with E-state index in [2.05, 4.69) is 54.3 Å². The fraction of sp³-hybridized carbons (Fsp3) is 0.562. The molecule has 2 saturated heterocycles. The normalized spacial score (nSPS) is 18.7. The molecule has 0 radical (unpaired) electrons. The van der Waals surface area contributed by atoms with E-state index in [1.165, 1.54) is 14.2 Å². The number of likely N-dealkylation sites (tertiary alicyclic amines) is 2. The van der Waals surface area contributed by atoms with Gasteiger partial charge in [-0.25, -0.2) is 19.6 Å². The van der Waals surface area contributed by atoms with Gasteiger partial charge in [-0.15, -0.1) is 0 Å². The maximum Gasteiger partial charge on any atom is 0.407 e. The molecule has 14 nitrogen and oxygen atoms in total. The molecule has 0 bridgehead atoms. The summed E-state index contributed by atoms with van der Waals surface area (Å²) in [6.45, 7) is 8.60. The first kappa shape index (κ1) is 33.9. The Morgan fingerprint density at radius 2 is 1.15 bits per heavy atom. The summed E-state index contributed by atoms with van der Waals surface area (Å²) >= 11 is 0. The Labute approximate surface area is 268 Å². The van der Waals surface area contributed by atoms with E-state index in [1.54, 1.807) is 22.2 Å².